The minimum absolute atomic E-state index is 0.00810. The fourth-order valence-corrected chi connectivity index (χ4v) is 2.55. The maximum absolute atomic E-state index is 12.6. The SMILES string of the molecule is CCCC1CN(C(=O)c2cc(C(=O)O)cc([N+](=O)[O-])c2)CCO1. The first-order chi connectivity index (χ1) is 10.9. The zero-order valence-corrected chi connectivity index (χ0v) is 12.7. The van der Waals surface area contributed by atoms with Crippen molar-refractivity contribution in [1.29, 1.82) is 0 Å². The minimum atomic E-state index is -1.31. The van der Waals surface area contributed by atoms with Gasteiger partial charge in [-0.2, -0.15) is 0 Å². The first kappa shape index (κ1) is 16.9. The Morgan fingerprint density at radius 2 is 2.09 bits per heavy atom. The van der Waals surface area contributed by atoms with Crippen molar-refractivity contribution < 1.29 is 24.4 Å². The van der Waals surface area contributed by atoms with Crippen LogP contribution in [0.4, 0.5) is 5.69 Å². The van der Waals surface area contributed by atoms with Gasteiger partial charge in [-0.05, 0) is 12.5 Å². The summed E-state index contributed by atoms with van der Waals surface area (Å²) in [5.74, 6) is -1.73. The molecule has 1 atom stereocenters. The number of amides is 1. The van der Waals surface area contributed by atoms with Crippen LogP contribution in [0.25, 0.3) is 0 Å². The van der Waals surface area contributed by atoms with Crippen LogP contribution in [0.1, 0.15) is 40.5 Å². The minimum Gasteiger partial charge on any atom is -0.478 e. The average Bonchev–Trinajstić information content (AvgIpc) is 2.54. The van der Waals surface area contributed by atoms with E-state index in [2.05, 4.69) is 0 Å². The maximum Gasteiger partial charge on any atom is 0.335 e. The van der Waals surface area contributed by atoms with Crippen molar-refractivity contribution in [1.82, 2.24) is 4.90 Å². The van der Waals surface area contributed by atoms with Crippen LogP contribution in [0.2, 0.25) is 0 Å². The summed E-state index contributed by atoms with van der Waals surface area (Å²) >= 11 is 0. The lowest BCUT2D eigenvalue weighted by Gasteiger charge is -2.33. The molecule has 1 aliphatic rings. The van der Waals surface area contributed by atoms with E-state index in [0.29, 0.717) is 19.7 Å². The van der Waals surface area contributed by atoms with E-state index < -0.39 is 22.5 Å². The highest BCUT2D eigenvalue weighted by atomic mass is 16.6. The number of ether oxygens (including phenoxy) is 1. The van der Waals surface area contributed by atoms with Gasteiger partial charge in [0.15, 0.2) is 0 Å². The molecule has 2 rings (SSSR count). The number of nitro benzene ring substituents is 1. The highest BCUT2D eigenvalue weighted by molar-refractivity contribution is 5.98. The van der Waals surface area contributed by atoms with Gasteiger partial charge in [-0.15, -0.1) is 0 Å². The van der Waals surface area contributed by atoms with Gasteiger partial charge in [-0.1, -0.05) is 13.3 Å². The van der Waals surface area contributed by atoms with Crippen LogP contribution >= 0.6 is 0 Å². The Kier molecular flexibility index (Phi) is 5.28. The van der Waals surface area contributed by atoms with Gasteiger partial charge < -0.3 is 14.7 Å². The van der Waals surface area contributed by atoms with Crippen molar-refractivity contribution in [3.8, 4) is 0 Å². The van der Waals surface area contributed by atoms with Gasteiger partial charge >= 0.3 is 5.97 Å². The Labute approximate surface area is 132 Å². The molecule has 1 heterocycles. The number of nitro groups is 1. The van der Waals surface area contributed by atoms with Gasteiger partial charge in [0.05, 0.1) is 23.2 Å². The van der Waals surface area contributed by atoms with Crippen LogP contribution in [0.15, 0.2) is 18.2 Å². The molecule has 0 aliphatic carbocycles. The number of hydrogen-bond donors (Lipinski definition) is 1. The van der Waals surface area contributed by atoms with Gasteiger partial charge in [0.2, 0.25) is 0 Å². The molecule has 1 N–H and O–H groups in total. The highest BCUT2D eigenvalue weighted by Crippen LogP contribution is 2.20. The van der Waals surface area contributed by atoms with Crippen LogP contribution in [-0.2, 0) is 4.74 Å². The van der Waals surface area contributed by atoms with E-state index in [9.17, 15) is 19.7 Å². The molecular formula is C15H18N2O6. The van der Waals surface area contributed by atoms with Crippen molar-refractivity contribution in [2.45, 2.75) is 25.9 Å². The lowest BCUT2D eigenvalue weighted by atomic mass is 10.1. The molecule has 1 aliphatic heterocycles. The summed E-state index contributed by atoms with van der Waals surface area (Å²) in [5.41, 5.74) is -0.679. The lowest BCUT2D eigenvalue weighted by Crippen LogP contribution is -2.45. The van der Waals surface area contributed by atoms with Gasteiger partial charge in [-0.25, -0.2) is 4.79 Å². The highest BCUT2D eigenvalue weighted by Gasteiger charge is 2.26. The molecule has 23 heavy (non-hydrogen) atoms. The normalized spacial score (nSPS) is 17.8. The molecule has 1 unspecified atom stereocenters. The molecule has 0 radical (unpaired) electrons. The topological polar surface area (TPSA) is 110 Å². The van der Waals surface area contributed by atoms with Crippen molar-refractivity contribution >= 4 is 17.6 Å². The van der Waals surface area contributed by atoms with Crippen LogP contribution in [-0.4, -0.2) is 52.6 Å². The Balaban J connectivity index is 2.27. The van der Waals surface area contributed by atoms with E-state index in [4.69, 9.17) is 9.84 Å². The predicted molar refractivity (Wildman–Crippen MR) is 80.6 cm³/mol. The monoisotopic (exact) mass is 322 g/mol. The molecule has 0 bridgehead atoms. The zero-order valence-electron chi connectivity index (χ0n) is 12.7. The third-order valence-electron chi connectivity index (χ3n) is 3.66. The van der Waals surface area contributed by atoms with Crippen molar-refractivity contribution in [2.75, 3.05) is 19.7 Å². The molecule has 8 heteroatoms. The molecular weight excluding hydrogens is 304 g/mol. The average molecular weight is 322 g/mol. The molecule has 1 fully saturated rings. The number of carbonyl (C=O) groups excluding carboxylic acids is 1. The lowest BCUT2D eigenvalue weighted by molar-refractivity contribution is -0.384. The first-order valence-corrected chi connectivity index (χ1v) is 7.36. The predicted octanol–water partition coefficient (Wildman–Crippen LogP) is 1.93. The smallest absolute Gasteiger partial charge is 0.335 e. The molecule has 124 valence electrons. The summed E-state index contributed by atoms with van der Waals surface area (Å²) in [6.45, 7) is 3.20. The second-order valence-electron chi connectivity index (χ2n) is 5.36. The Hall–Kier alpha value is -2.48. The molecule has 1 aromatic rings. The number of aromatic carboxylic acids is 1. The number of benzene rings is 1. The number of hydrogen-bond acceptors (Lipinski definition) is 5. The number of carbonyl (C=O) groups is 2. The first-order valence-electron chi connectivity index (χ1n) is 7.36. The third kappa shape index (κ3) is 4.04. The van der Waals surface area contributed by atoms with E-state index >= 15 is 0 Å². The summed E-state index contributed by atoms with van der Waals surface area (Å²) in [6, 6.07) is 3.22. The van der Waals surface area contributed by atoms with Gasteiger partial charge in [-0.3, -0.25) is 14.9 Å². The quantitative estimate of drug-likeness (QED) is 0.655. The van der Waals surface area contributed by atoms with Crippen LogP contribution < -0.4 is 0 Å². The summed E-state index contributed by atoms with van der Waals surface area (Å²) in [6.07, 6.45) is 1.68. The summed E-state index contributed by atoms with van der Waals surface area (Å²) in [4.78, 5) is 35.4. The van der Waals surface area contributed by atoms with Gasteiger partial charge in [0.25, 0.3) is 11.6 Å². The summed E-state index contributed by atoms with van der Waals surface area (Å²) in [7, 11) is 0. The fourth-order valence-electron chi connectivity index (χ4n) is 2.55. The standard InChI is InChI=1S/C15H18N2O6/c1-2-3-13-9-16(4-5-23-13)14(18)10-6-11(15(19)20)8-12(7-10)17(21)22/h6-8,13H,2-5,9H2,1H3,(H,19,20). The molecule has 1 amide bonds. The number of nitrogens with zero attached hydrogens (tertiary/aromatic N) is 2. The number of carboxylic acid groups (broad SMARTS) is 1. The molecule has 0 saturated carbocycles. The second-order valence-corrected chi connectivity index (χ2v) is 5.36. The third-order valence-corrected chi connectivity index (χ3v) is 3.66. The number of non-ortho nitro benzene ring substituents is 1. The van der Waals surface area contributed by atoms with Crippen molar-refractivity contribution in [3.05, 3.63) is 39.4 Å². The molecule has 0 spiro atoms. The zero-order chi connectivity index (χ0) is 17.0. The van der Waals surface area contributed by atoms with Crippen LogP contribution in [0, 0.1) is 10.1 Å². The van der Waals surface area contributed by atoms with Crippen molar-refractivity contribution in [3.63, 3.8) is 0 Å². The van der Waals surface area contributed by atoms with Crippen LogP contribution in [0.5, 0.6) is 0 Å². The fraction of sp³-hybridized carbons (Fsp3) is 0.467. The Morgan fingerprint density at radius 3 is 2.70 bits per heavy atom. The largest absolute Gasteiger partial charge is 0.478 e. The Bertz CT molecular complexity index is 596. The van der Waals surface area contributed by atoms with Gasteiger partial charge in [0.1, 0.15) is 0 Å². The maximum atomic E-state index is 12.6. The van der Waals surface area contributed by atoms with E-state index in [1.54, 1.807) is 4.90 Å². The van der Waals surface area contributed by atoms with Gasteiger partial charge in [0, 0.05) is 30.8 Å². The molecule has 1 saturated heterocycles. The number of rotatable bonds is 5. The number of morpholine rings is 1. The molecule has 1 aromatic carbocycles. The Morgan fingerprint density at radius 1 is 1.39 bits per heavy atom. The van der Waals surface area contributed by atoms with E-state index in [0.717, 1.165) is 25.0 Å². The van der Waals surface area contributed by atoms with E-state index in [1.165, 1.54) is 6.07 Å². The van der Waals surface area contributed by atoms with E-state index in [-0.39, 0.29) is 17.2 Å². The number of carboxylic acids is 1. The summed E-state index contributed by atoms with van der Waals surface area (Å²) in [5, 5.41) is 20.0. The molecule has 8 nitrogen and oxygen atoms in total. The second kappa shape index (κ2) is 7.19. The van der Waals surface area contributed by atoms with E-state index in [1.807, 2.05) is 6.92 Å². The van der Waals surface area contributed by atoms with Crippen LogP contribution in [0.3, 0.4) is 0 Å². The summed E-state index contributed by atoms with van der Waals surface area (Å²) < 4.78 is 5.56. The molecule has 0 aromatic heterocycles. The van der Waals surface area contributed by atoms with Crippen molar-refractivity contribution in [2.24, 2.45) is 0 Å².